The fraction of sp³-hybridized carbons (Fsp3) is 0.200. The highest BCUT2D eigenvalue weighted by Gasteiger charge is 2.14. The topological polar surface area (TPSA) is 0 Å². The molecule has 2 rings (SSSR count). The summed E-state index contributed by atoms with van der Waals surface area (Å²) in [7, 11) is 0. The van der Waals surface area contributed by atoms with Crippen LogP contribution in [0.15, 0.2) is 46.9 Å². The molecule has 0 aliphatic rings. The van der Waals surface area contributed by atoms with Crippen LogP contribution in [0.4, 0.5) is 4.39 Å². The lowest BCUT2D eigenvalue weighted by Gasteiger charge is -2.12. The first-order valence-corrected chi connectivity index (χ1v) is 7.50. The predicted octanol–water partition coefficient (Wildman–Crippen LogP) is 5.63. The second-order valence-electron chi connectivity index (χ2n) is 4.12. The van der Waals surface area contributed by atoms with Crippen LogP contribution < -0.4 is 0 Å². The normalized spacial score (nSPS) is 12.4. The summed E-state index contributed by atoms with van der Waals surface area (Å²) in [4.78, 5) is -0.114. The van der Waals surface area contributed by atoms with Crippen LogP contribution in [0.5, 0.6) is 0 Å². The molecule has 0 saturated carbocycles. The van der Waals surface area contributed by atoms with E-state index in [9.17, 15) is 4.39 Å². The Labute approximate surface area is 123 Å². The molecule has 2 aromatic carbocycles. The molecule has 3 heteroatoms. The van der Waals surface area contributed by atoms with Crippen LogP contribution in [0, 0.1) is 5.82 Å². The Bertz CT molecular complexity index is 535. The summed E-state index contributed by atoms with van der Waals surface area (Å²) in [5.74, 6) is -0.203. The highest BCUT2D eigenvalue weighted by Crippen LogP contribution is 2.33. The SMILES string of the molecule is CCc1ccc(C(Br)c2ccc(Br)cc2F)cc1. The van der Waals surface area contributed by atoms with Gasteiger partial charge in [-0.15, -0.1) is 0 Å². The van der Waals surface area contributed by atoms with E-state index in [1.807, 2.05) is 18.2 Å². The van der Waals surface area contributed by atoms with Crippen molar-refractivity contribution in [2.45, 2.75) is 18.2 Å². The van der Waals surface area contributed by atoms with Crippen LogP contribution in [0.3, 0.4) is 0 Å². The van der Waals surface area contributed by atoms with E-state index >= 15 is 0 Å². The minimum atomic E-state index is -0.203. The molecule has 0 aliphatic heterocycles. The first kappa shape index (κ1) is 13.8. The minimum absolute atomic E-state index is 0.114. The highest BCUT2D eigenvalue weighted by molar-refractivity contribution is 9.10. The zero-order chi connectivity index (χ0) is 13.1. The molecule has 0 nitrogen and oxygen atoms in total. The highest BCUT2D eigenvalue weighted by atomic mass is 79.9. The van der Waals surface area contributed by atoms with E-state index in [0.29, 0.717) is 5.56 Å². The van der Waals surface area contributed by atoms with E-state index in [1.54, 1.807) is 6.07 Å². The van der Waals surface area contributed by atoms with Crippen molar-refractivity contribution in [2.24, 2.45) is 0 Å². The Hall–Kier alpha value is -0.670. The average Bonchev–Trinajstić information content (AvgIpc) is 2.38. The molecule has 0 aromatic heterocycles. The van der Waals surface area contributed by atoms with E-state index in [0.717, 1.165) is 16.5 Å². The van der Waals surface area contributed by atoms with Gasteiger partial charge in [-0.1, -0.05) is 69.1 Å². The van der Waals surface area contributed by atoms with Gasteiger partial charge < -0.3 is 0 Å². The third-order valence-electron chi connectivity index (χ3n) is 2.92. The predicted molar refractivity (Wildman–Crippen MR) is 80.7 cm³/mol. The lowest BCUT2D eigenvalue weighted by molar-refractivity contribution is 0.612. The molecule has 2 aromatic rings. The monoisotopic (exact) mass is 370 g/mol. The van der Waals surface area contributed by atoms with E-state index < -0.39 is 0 Å². The number of halogens is 3. The Balaban J connectivity index is 2.31. The lowest BCUT2D eigenvalue weighted by Crippen LogP contribution is -1.97. The maximum Gasteiger partial charge on any atom is 0.129 e. The zero-order valence-electron chi connectivity index (χ0n) is 9.96. The van der Waals surface area contributed by atoms with Crippen molar-refractivity contribution in [3.8, 4) is 0 Å². The molecule has 18 heavy (non-hydrogen) atoms. The smallest absolute Gasteiger partial charge is 0.129 e. The summed E-state index contributed by atoms with van der Waals surface area (Å²) in [6, 6.07) is 13.4. The van der Waals surface area contributed by atoms with E-state index in [4.69, 9.17) is 0 Å². The van der Waals surface area contributed by atoms with Crippen molar-refractivity contribution in [3.05, 3.63) is 69.4 Å². The van der Waals surface area contributed by atoms with Gasteiger partial charge in [0.15, 0.2) is 0 Å². The Kier molecular flexibility index (Phi) is 4.57. The molecule has 0 fully saturated rings. The number of rotatable bonds is 3. The van der Waals surface area contributed by atoms with Gasteiger partial charge in [0.2, 0.25) is 0 Å². The van der Waals surface area contributed by atoms with Crippen LogP contribution in [0.2, 0.25) is 0 Å². The summed E-state index contributed by atoms with van der Waals surface area (Å²) >= 11 is 6.83. The summed E-state index contributed by atoms with van der Waals surface area (Å²) in [6.45, 7) is 2.12. The van der Waals surface area contributed by atoms with Gasteiger partial charge >= 0.3 is 0 Å². The summed E-state index contributed by atoms with van der Waals surface area (Å²) in [5, 5.41) is 0. The Morgan fingerprint density at radius 3 is 2.33 bits per heavy atom. The van der Waals surface area contributed by atoms with Crippen molar-refractivity contribution < 1.29 is 4.39 Å². The molecule has 0 saturated heterocycles. The van der Waals surface area contributed by atoms with Gasteiger partial charge in [-0.25, -0.2) is 4.39 Å². The van der Waals surface area contributed by atoms with Crippen molar-refractivity contribution in [1.29, 1.82) is 0 Å². The molecule has 1 unspecified atom stereocenters. The molecule has 1 atom stereocenters. The van der Waals surface area contributed by atoms with E-state index in [2.05, 4.69) is 50.9 Å². The molecule has 0 amide bonds. The maximum absolute atomic E-state index is 13.9. The number of aryl methyl sites for hydroxylation is 1. The van der Waals surface area contributed by atoms with Crippen LogP contribution in [0.25, 0.3) is 0 Å². The molecule has 0 spiro atoms. The van der Waals surface area contributed by atoms with Crippen LogP contribution >= 0.6 is 31.9 Å². The second-order valence-corrected chi connectivity index (χ2v) is 5.95. The summed E-state index contributed by atoms with van der Waals surface area (Å²) in [6.07, 6.45) is 1.01. The van der Waals surface area contributed by atoms with Gasteiger partial charge in [0, 0.05) is 10.0 Å². The standard InChI is InChI=1S/C15H13Br2F/c1-2-10-3-5-11(6-4-10)15(17)13-8-7-12(16)9-14(13)18/h3-9,15H,2H2,1H3. The number of alkyl halides is 1. The first-order valence-electron chi connectivity index (χ1n) is 5.79. The Morgan fingerprint density at radius 2 is 1.78 bits per heavy atom. The summed E-state index contributed by atoms with van der Waals surface area (Å²) < 4.78 is 14.6. The molecular weight excluding hydrogens is 359 g/mol. The lowest BCUT2D eigenvalue weighted by atomic mass is 10.0. The fourth-order valence-electron chi connectivity index (χ4n) is 1.81. The van der Waals surface area contributed by atoms with Crippen LogP contribution in [-0.2, 0) is 6.42 Å². The fourth-order valence-corrected chi connectivity index (χ4v) is 2.82. The molecule has 0 radical (unpaired) electrons. The largest absolute Gasteiger partial charge is 0.207 e. The van der Waals surface area contributed by atoms with Gasteiger partial charge in [-0.2, -0.15) is 0 Å². The number of hydrogen-bond acceptors (Lipinski definition) is 0. The number of benzene rings is 2. The third kappa shape index (κ3) is 3.01. The molecule has 0 heterocycles. The van der Waals surface area contributed by atoms with Crippen molar-refractivity contribution in [3.63, 3.8) is 0 Å². The summed E-state index contributed by atoms with van der Waals surface area (Å²) in [5.41, 5.74) is 3.01. The van der Waals surface area contributed by atoms with Gasteiger partial charge in [0.1, 0.15) is 5.82 Å². The van der Waals surface area contributed by atoms with E-state index in [-0.39, 0.29) is 10.6 Å². The molecular formula is C15H13Br2F. The minimum Gasteiger partial charge on any atom is -0.207 e. The molecule has 0 N–H and O–H groups in total. The number of hydrogen-bond donors (Lipinski definition) is 0. The average molecular weight is 372 g/mol. The van der Waals surface area contributed by atoms with Gasteiger partial charge in [0.25, 0.3) is 0 Å². The zero-order valence-corrected chi connectivity index (χ0v) is 13.1. The van der Waals surface area contributed by atoms with Crippen molar-refractivity contribution >= 4 is 31.9 Å². The van der Waals surface area contributed by atoms with Crippen LogP contribution in [-0.4, -0.2) is 0 Å². The van der Waals surface area contributed by atoms with Crippen molar-refractivity contribution in [2.75, 3.05) is 0 Å². The van der Waals surface area contributed by atoms with Gasteiger partial charge in [0.05, 0.1) is 4.83 Å². The third-order valence-corrected chi connectivity index (χ3v) is 4.43. The van der Waals surface area contributed by atoms with Gasteiger partial charge in [-0.3, -0.25) is 0 Å². The second kappa shape index (κ2) is 5.98. The quantitative estimate of drug-likeness (QED) is 0.613. The van der Waals surface area contributed by atoms with Crippen molar-refractivity contribution in [1.82, 2.24) is 0 Å². The van der Waals surface area contributed by atoms with Gasteiger partial charge in [-0.05, 0) is 29.7 Å². The van der Waals surface area contributed by atoms with E-state index in [1.165, 1.54) is 11.6 Å². The first-order chi connectivity index (χ1) is 8.61. The Morgan fingerprint density at radius 1 is 1.11 bits per heavy atom. The van der Waals surface area contributed by atoms with Crippen LogP contribution in [0.1, 0.15) is 28.4 Å². The maximum atomic E-state index is 13.9. The molecule has 94 valence electrons. The molecule has 0 aliphatic carbocycles. The molecule has 0 bridgehead atoms.